The van der Waals surface area contributed by atoms with Crippen LogP contribution in [0.1, 0.15) is 26.2 Å². The molecule has 102 valence electrons. The second-order valence-electron chi connectivity index (χ2n) is 3.48. The largest absolute Gasteiger partial charge is 0.480 e. The van der Waals surface area contributed by atoms with E-state index in [0.717, 1.165) is 6.42 Å². The predicted molar refractivity (Wildman–Crippen MR) is 60.5 cm³/mol. The van der Waals surface area contributed by atoms with E-state index in [-0.39, 0.29) is 0 Å². The topological polar surface area (TPSA) is 159 Å². The minimum absolute atomic E-state index is 0.455. The van der Waals surface area contributed by atoms with Crippen LogP contribution in [0.15, 0.2) is 0 Å². The van der Waals surface area contributed by atoms with Gasteiger partial charge in [0.05, 0.1) is 0 Å². The fourth-order valence-electron chi connectivity index (χ4n) is 0.692. The first kappa shape index (κ1) is 18.2. The van der Waals surface area contributed by atoms with Crippen molar-refractivity contribution >= 4 is 11.9 Å². The molecule has 17 heavy (non-hydrogen) atoms. The molecule has 0 spiro atoms. The van der Waals surface area contributed by atoms with Gasteiger partial charge in [0.15, 0.2) is 0 Å². The van der Waals surface area contributed by atoms with Crippen molar-refractivity contribution in [2.45, 2.75) is 38.3 Å². The maximum absolute atomic E-state index is 10.2. The average molecular weight is 251 g/mol. The number of hydrogen-bond donors (Lipinski definition) is 6. The number of rotatable bonds is 7. The average Bonchev–Trinajstić information content (AvgIpc) is 2.24. The summed E-state index contributed by atoms with van der Waals surface area (Å²) in [6.45, 7) is 1.90. The second-order valence-corrected chi connectivity index (χ2v) is 3.48. The van der Waals surface area contributed by atoms with Crippen LogP contribution in [-0.4, -0.2) is 46.0 Å². The van der Waals surface area contributed by atoms with Crippen molar-refractivity contribution in [3.8, 4) is 0 Å². The zero-order valence-electron chi connectivity index (χ0n) is 9.80. The quantitative estimate of drug-likeness (QED) is 0.247. The van der Waals surface area contributed by atoms with Crippen LogP contribution in [-0.2, 0) is 9.59 Å². The summed E-state index contributed by atoms with van der Waals surface area (Å²) in [6, 6.07) is -1.50. The Morgan fingerprint density at radius 3 is 1.94 bits per heavy atom. The lowest BCUT2D eigenvalue weighted by molar-refractivity contribution is -0.139. The number of nitrogens with two attached hydrogens (primary N) is 2. The lowest BCUT2D eigenvalue weighted by atomic mass is 10.1. The molecule has 0 bridgehead atoms. The second kappa shape index (κ2) is 11.3. The zero-order chi connectivity index (χ0) is 13.8. The molecule has 0 aliphatic carbocycles. The number of aliphatic carboxylic acids is 2. The molecule has 0 aliphatic rings. The lowest BCUT2D eigenvalue weighted by Gasteiger charge is -2.04. The van der Waals surface area contributed by atoms with E-state index in [0.29, 0.717) is 19.4 Å². The third kappa shape index (κ3) is 14.8. The summed E-state index contributed by atoms with van der Waals surface area (Å²) in [7, 11) is 0. The maximum Gasteiger partial charge on any atom is 0.320 e. The third-order valence-electron chi connectivity index (χ3n) is 1.76. The van der Waals surface area contributed by atoms with Crippen LogP contribution in [0.3, 0.4) is 0 Å². The fraction of sp³-hybridized carbons (Fsp3) is 0.778. The molecule has 0 aromatic heterocycles. The van der Waals surface area contributed by atoms with Crippen molar-refractivity contribution in [3.63, 3.8) is 0 Å². The highest BCUT2D eigenvalue weighted by Crippen LogP contribution is 1.97. The molecule has 0 radical (unpaired) electrons. The number of hydroxylamine groups is 1. The van der Waals surface area contributed by atoms with Crippen LogP contribution in [0.4, 0.5) is 0 Å². The highest BCUT2D eigenvalue weighted by atomic mass is 16.5. The summed E-state index contributed by atoms with van der Waals surface area (Å²) in [5.41, 5.74) is 12.0. The molecule has 0 saturated heterocycles. The van der Waals surface area contributed by atoms with Gasteiger partial charge < -0.3 is 26.9 Å². The Morgan fingerprint density at radius 2 is 1.65 bits per heavy atom. The van der Waals surface area contributed by atoms with Gasteiger partial charge in [-0.3, -0.25) is 9.59 Å². The number of carbonyl (C=O) groups is 2. The Hall–Kier alpha value is -1.22. The summed E-state index contributed by atoms with van der Waals surface area (Å²) in [4.78, 5) is 19.7. The molecule has 0 rings (SSSR count). The molecule has 8 N–H and O–H groups in total. The van der Waals surface area contributed by atoms with E-state index in [9.17, 15) is 9.59 Å². The molecule has 0 aromatic rings. The summed E-state index contributed by atoms with van der Waals surface area (Å²) < 4.78 is 0. The third-order valence-corrected chi connectivity index (χ3v) is 1.76. The molecule has 2 atom stereocenters. The van der Waals surface area contributed by atoms with Gasteiger partial charge >= 0.3 is 11.9 Å². The van der Waals surface area contributed by atoms with E-state index >= 15 is 0 Å². The highest BCUT2D eigenvalue weighted by Gasteiger charge is 2.09. The Labute approximate surface area is 99.6 Å². The van der Waals surface area contributed by atoms with Crippen molar-refractivity contribution in [3.05, 3.63) is 0 Å². The Kier molecular flexibility index (Phi) is 12.0. The van der Waals surface area contributed by atoms with E-state index < -0.39 is 24.0 Å². The SMILES string of the molecule is CC(N)C(=O)O.NC(CCCCNO)C(=O)O. The van der Waals surface area contributed by atoms with Crippen molar-refractivity contribution in [2.75, 3.05) is 6.54 Å². The number of nitrogens with one attached hydrogen (secondary N) is 1. The van der Waals surface area contributed by atoms with Gasteiger partial charge in [0.2, 0.25) is 0 Å². The van der Waals surface area contributed by atoms with Gasteiger partial charge in [-0.15, -0.1) is 0 Å². The predicted octanol–water partition coefficient (Wildman–Crippen LogP) is -1.03. The molecule has 0 aliphatic heterocycles. The molecule has 2 unspecified atom stereocenters. The van der Waals surface area contributed by atoms with Crippen molar-refractivity contribution in [2.24, 2.45) is 11.5 Å². The molecule has 0 heterocycles. The molecule has 0 saturated carbocycles. The van der Waals surface area contributed by atoms with Gasteiger partial charge in [-0.1, -0.05) is 0 Å². The molecular weight excluding hydrogens is 230 g/mol. The van der Waals surface area contributed by atoms with Crippen LogP contribution in [0.5, 0.6) is 0 Å². The van der Waals surface area contributed by atoms with Gasteiger partial charge in [-0.05, 0) is 26.2 Å². The Bertz CT molecular complexity index is 223. The summed E-state index contributed by atoms with van der Waals surface area (Å²) >= 11 is 0. The minimum atomic E-state index is -0.970. The van der Waals surface area contributed by atoms with Crippen LogP contribution in [0.2, 0.25) is 0 Å². The molecular formula is C9H21N3O5. The molecule has 0 fully saturated rings. The zero-order valence-corrected chi connectivity index (χ0v) is 9.80. The van der Waals surface area contributed by atoms with E-state index in [1.54, 1.807) is 0 Å². The molecule has 8 nitrogen and oxygen atoms in total. The van der Waals surface area contributed by atoms with Crippen LogP contribution in [0, 0.1) is 0 Å². The standard InChI is InChI=1S/C6H14N2O3.C3H7NO2/c7-5(6(9)10)3-1-2-4-8-11;1-2(4)3(5)6/h5,8,11H,1-4,7H2,(H,9,10);2H,4H2,1H3,(H,5,6). The lowest BCUT2D eigenvalue weighted by Crippen LogP contribution is -2.29. The molecule has 0 aromatic carbocycles. The van der Waals surface area contributed by atoms with E-state index in [1.807, 2.05) is 5.48 Å². The van der Waals surface area contributed by atoms with Crippen LogP contribution >= 0.6 is 0 Å². The van der Waals surface area contributed by atoms with Crippen LogP contribution in [0.25, 0.3) is 0 Å². The smallest absolute Gasteiger partial charge is 0.320 e. The van der Waals surface area contributed by atoms with E-state index in [2.05, 4.69) is 0 Å². The number of carboxylic acid groups (broad SMARTS) is 2. The van der Waals surface area contributed by atoms with Crippen molar-refractivity contribution < 1.29 is 25.0 Å². The number of hydrogen-bond acceptors (Lipinski definition) is 6. The van der Waals surface area contributed by atoms with Gasteiger partial charge in [0.1, 0.15) is 12.1 Å². The Morgan fingerprint density at radius 1 is 1.18 bits per heavy atom. The van der Waals surface area contributed by atoms with E-state index in [4.69, 9.17) is 26.9 Å². The fourth-order valence-corrected chi connectivity index (χ4v) is 0.692. The molecule has 0 amide bonds. The number of carboxylic acids is 2. The van der Waals surface area contributed by atoms with E-state index in [1.165, 1.54) is 6.92 Å². The monoisotopic (exact) mass is 251 g/mol. The highest BCUT2D eigenvalue weighted by molar-refractivity contribution is 5.73. The number of unbranched alkanes of at least 4 members (excludes halogenated alkanes) is 1. The van der Waals surface area contributed by atoms with Crippen LogP contribution < -0.4 is 16.9 Å². The van der Waals surface area contributed by atoms with Gasteiger partial charge in [-0.2, -0.15) is 0 Å². The first-order valence-electron chi connectivity index (χ1n) is 5.16. The normalized spacial score (nSPS) is 13.2. The first-order chi connectivity index (χ1) is 7.82. The summed E-state index contributed by atoms with van der Waals surface area (Å²) in [6.07, 6.45) is 1.90. The van der Waals surface area contributed by atoms with Gasteiger partial charge in [0.25, 0.3) is 0 Å². The molecule has 8 heteroatoms. The van der Waals surface area contributed by atoms with Gasteiger partial charge in [-0.25, -0.2) is 5.48 Å². The maximum atomic E-state index is 10.2. The van der Waals surface area contributed by atoms with Crippen molar-refractivity contribution in [1.29, 1.82) is 0 Å². The van der Waals surface area contributed by atoms with Crippen molar-refractivity contribution in [1.82, 2.24) is 5.48 Å². The summed E-state index contributed by atoms with van der Waals surface area (Å²) in [5, 5.41) is 24.4. The minimum Gasteiger partial charge on any atom is -0.480 e. The van der Waals surface area contributed by atoms with Gasteiger partial charge in [0, 0.05) is 6.54 Å². The summed E-state index contributed by atoms with van der Waals surface area (Å²) in [5.74, 6) is -1.93. The Balaban J connectivity index is 0. The first-order valence-corrected chi connectivity index (χ1v) is 5.16.